The van der Waals surface area contributed by atoms with Crippen molar-refractivity contribution < 1.29 is 0 Å². The Bertz CT molecular complexity index is 1600. The lowest BCUT2D eigenvalue weighted by Crippen LogP contribution is -2.53. The third-order valence-corrected chi connectivity index (χ3v) is 10.7. The van der Waals surface area contributed by atoms with E-state index in [1.54, 1.807) is 22.7 Å². The number of anilines is 2. The summed E-state index contributed by atoms with van der Waals surface area (Å²) in [6, 6.07) is 21.6. The molecule has 41 heavy (non-hydrogen) atoms. The van der Waals surface area contributed by atoms with Crippen molar-refractivity contribution in [3.05, 3.63) is 72.6 Å². The van der Waals surface area contributed by atoms with Crippen molar-refractivity contribution in [2.24, 2.45) is 28.3 Å². The van der Waals surface area contributed by atoms with Gasteiger partial charge in [0.2, 0.25) is 11.7 Å². The zero-order valence-electron chi connectivity index (χ0n) is 23.0. The summed E-state index contributed by atoms with van der Waals surface area (Å²) in [6.45, 7) is 4.42. The predicted octanol–water partition coefficient (Wildman–Crippen LogP) is 4.08. The maximum atomic E-state index is 6.80. The average molecular weight is 566 g/mol. The molecule has 4 aromatic rings. The van der Waals surface area contributed by atoms with Gasteiger partial charge in [-0.1, -0.05) is 48.9 Å². The predicted molar refractivity (Wildman–Crippen MR) is 165 cm³/mol. The SMILES string of the molecule is NC1=NC(N)(c2ccc(N3CCN(C4CC5CCC4C5)CC3)cc2)NN1c1ncnc2cc(-c3ccccc3)sc12. The molecule has 10 heteroatoms. The molecule has 2 saturated carbocycles. The number of rotatable bonds is 5. The molecule has 2 aromatic heterocycles. The number of hydrazine groups is 1. The number of nitrogens with zero attached hydrogens (tertiary/aromatic N) is 6. The smallest absolute Gasteiger partial charge is 0.215 e. The summed E-state index contributed by atoms with van der Waals surface area (Å²) in [4.78, 5) is 20.1. The summed E-state index contributed by atoms with van der Waals surface area (Å²) in [7, 11) is 0. The summed E-state index contributed by atoms with van der Waals surface area (Å²) in [5, 5.41) is 1.68. The quantitative estimate of drug-likeness (QED) is 0.332. The van der Waals surface area contributed by atoms with Gasteiger partial charge in [-0.2, -0.15) is 5.43 Å². The van der Waals surface area contributed by atoms with E-state index in [0.717, 1.165) is 70.3 Å². The number of nitrogens with two attached hydrogens (primary N) is 2. The molecule has 8 rings (SSSR count). The zero-order valence-corrected chi connectivity index (χ0v) is 23.8. The van der Waals surface area contributed by atoms with Gasteiger partial charge in [0.1, 0.15) is 6.33 Å². The van der Waals surface area contributed by atoms with Crippen LogP contribution in [-0.2, 0) is 5.79 Å². The number of guanidine groups is 1. The van der Waals surface area contributed by atoms with Crippen molar-refractivity contribution in [1.82, 2.24) is 20.3 Å². The number of thiophene rings is 1. The molecule has 4 unspecified atom stereocenters. The van der Waals surface area contributed by atoms with E-state index >= 15 is 0 Å². The van der Waals surface area contributed by atoms with Gasteiger partial charge < -0.3 is 10.6 Å². The molecule has 0 spiro atoms. The average Bonchev–Trinajstić information content (AvgIpc) is 3.81. The Hall–Kier alpha value is -3.57. The molecule has 2 bridgehead atoms. The highest BCUT2D eigenvalue weighted by molar-refractivity contribution is 7.22. The number of hydrogen-bond acceptors (Lipinski definition) is 10. The standard InChI is InChI=1S/C31H35N9S/c32-30-36-31(33,37-40(30)29-28-25(34-19-35-29)18-27(41-28)21-4-2-1-3-5-21)23-8-10-24(11-9-23)38-12-14-39(15-13-38)26-17-20-6-7-22(26)16-20/h1-5,8-11,18-20,22,26,37H,6-7,12-17,33H2,(H2,32,36). The number of piperazine rings is 1. The van der Waals surface area contributed by atoms with E-state index in [1.807, 2.05) is 18.2 Å². The van der Waals surface area contributed by atoms with Gasteiger partial charge in [0.25, 0.3) is 0 Å². The minimum absolute atomic E-state index is 0.267. The largest absolute Gasteiger partial charge is 0.369 e. The van der Waals surface area contributed by atoms with Crippen LogP contribution in [0.4, 0.5) is 11.5 Å². The van der Waals surface area contributed by atoms with Crippen LogP contribution in [-0.4, -0.2) is 53.0 Å². The van der Waals surface area contributed by atoms with Crippen molar-refractivity contribution in [3.63, 3.8) is 0 Å². The number of aliphatic imine (C=N–C) groups is 1. The minimum atomic E-state index is -1.19. The first-order valence-corrected chi connectivity index (χ1v) is 15.5. The summed E-state index contributed by atoms with van der Waals surface area (Å²) in [6.07, 6.45) is 7.35. The Morgan fingerprint density at radius 2 is 1.73 bits per heavy atom. The van der Waals surface area contributed by atoms with Crippen LogP contribution in [0, 0.1) is 11.8 Å². The van der Waals surface area contributed by atoms with Crippen molar-refractivity contribution >= 4 is 39.0 Å². The van der Waals surface area contributed by atoms with Crippen LogP contribution >= 0.6 is 11.3 Å². The maximum Gasteiger partial charge on any atom is 0.215 e. The fourth-order valence-corrected chi connectivity index (χ4v) is 8.51. The monoisotopic (exact) mass is 565 g/mol. The van der Waals surface area contributed by atoms with Gasteiger partial charge in [0, 0.05) is 48.3 Å². The van der Waals surface area contributed by atoms with Crippen molar-refractivity contribution in [2.75, 3.05) is 36.1 Å². The summed E-state index contributed by atoms with van der Waals surface area (Å²) >= 11 is 1.62. The number of aromatic nitrogens is 2. The van der Waals surface area contributed by atoms with E-state index in [-0.39, 0.29) is 5.96 Å². The summed E-state index contributed by atoms with van der Waals surface area (Å²) in [5.74, 6) is 1.65. The Morgan fingerprint density at radius 1 is 0.927 bits per heavy atom. The van der Waals surface area contributed by atoms with Crippen molar-refractivity contribution in [1.29, 1.82) is 0 Å². The molecule has 3 fully saturated rings. The molecular formula is C31H35N9S. The maximum absolute atomic E-state index is 6.80. The molecule has 9 nitrogen and oxygen atoms in total. The topological polar surface area (TPSA) is 112 Å². The van der Waals surface area contributed by atoms with Crippen LogP contribution < -0.4 is 26.8 Å². The number of nitrogens with one attached hydrogen (secondary N) is 1. The molecule has 4 atom stereocenters. The van der Waals surface area contributed by atoms with Gasteiger partial charge >= 0.3 is 0 Å². The molecule has 5 N–H and O–H groups in total. The first-order valence-electron chi connectivity index (χ1n) is 14.7. The fourth-order valence-electron chi connectivity index (χ4n) is 7.42. The van der Waals surface area contributed by atoms with Gasteiger partial charge in [0.05, 0.1) is 10.2 Å². The van der Waals surface area contributed by atoms with Gasteiger partial charge in [-0.05, 0) is 54.9 Å². The first-order chi connectivity index (χ1) is 20.0. The lowest BCUT2D eigenvalue weighted by Gasteiger charge is -2.42. The summed E-state index contributed by atoms with van der Waals surface area (Å²) < 4.78 is 0.918. The number of hydrogen-bond donors (Lipinski definition) is 3. The highest BCUT2D eigenvalue weighted by atomic mass is 32.1. The molecule has 0 amide bonds. The highest BCUT2D eigenvalue weighted by Gasteiger charge is 2.43. The van der Waals surface area contributed by atoms with Gasteiger partial charge in [-0.25, -0.2) is 20.0 Å². The molecule has 210 valence electrons. The Morgan fingerprint density at radius 3 is 2.46 bits per heavy atom. The Balaban J connectivity index is 0.979. The van der Waals surface area contributed by atoms with Crippen LogP contribution in [0.2, 0.25) is 0 Å². The Kier molecular flexibility index (Phi) is 5.99. The molecule has 1 saturated heterocycles. The molecule has 0 radical (unpaired) electrons. The third-order valence-electron chi connectivity index (χ3n) is 9.52. The lowest BCUT2D eigenvalue weighted by atomic mass is 9.93. The van der Waals surface area contributed by atoms with Crippen molar-refractivity contribution in [3.8, 4) is 10.4 Å². The lowest BCUT2D eigenvalue weighted by molar-refractivity contribution is 0.135. The van der Waals surface area contributed by atoms with Gasteiger partial charge in [-0.15, -0.1) is 11.3 Å². The molecule has 4 aliphatic rings. The van der Waals surface area contributed by atoms with Crippen LogP contribution in [0.3, 0.4) is 0 Å². The first kappa shape index (κ1) is 25.2. The third kappa shape index (κ3) is 4.37. The van der Waals surface area contributed by atoms with E-state index < -0.39 is 5.79 Å². The van der Waals surface area contributed by atoms with Crippen molar-refractivity contribution in [2.45, 2.75) is 37.5 Å². The van der Waals surface area contributed by atoms with E-state index in [0.29, 0.717) is 5.82 Å². The van der Waals surface area contributed by atoms with Crippen LogP contribution in [0.5, 0.6) is 0 Å². The molecular weight excluding hydrogens is 530 g/mol. The summed E-state index contributed by atoms with van der Waals surface area (Å²) in [5.41, 5.74) is 20.6. The normalized spacial score (nSPS) is 28.1. The second kappa shape index (κ2) is 9.77. The second-order valence-corrected chi connectivity index (χ2v) is 12.9. The minimum Gasteiger partial charge on any atom is -0.369 e. The molecule has 2 aliphatic carbocycles. The zero-order chi connectivity index (χ0) is 27.6. The van der Waals surface area contributed by atoms with E-state index in [1.165, 1.54) is 31.4 Å². The van der Waals surface area contributed by atoms with E-state index in [4.69, 9.17) is 11.5 Å². The second-order valence-electron chi connectivity index (χ2n) is 11.9. The van der Waals surface area contributed by atoms with Crippen LogP contribution in [0.1, 0.15) is 31.2 Å². The van der Waals surface area contributed by atoms with E-state index in [9.17, 15) is 0 Å². The van der Waals surface area contributed by atoms with E-state index in [2.05, 4.69) is 72.7 Å². The highest BCUT2D eigenvalue weighted by Crippen LogP contribution is 2.47. The number of fused-ring (bicyclic) bond motifs is 3. The van der Waals surface area contributed by atoms with Crippen LogP contribution in [0.15, 0.2) is 72.0 Å². The fraction of sp³-hybridized carbons (Fsp3) is 0.387. The molecule has 4 heterocycles. The Labute approximate surface area is 243 Å². The number of benzene rings is 2. The van der Waals surface area contributed by atoms with Gasteiger partial charge in [0.15, 0.2) is 5.82 Å². The molecule has 2 aliphatic heterocycles. The molecule has 2 aromatic carbocycles. The van der Waals surface area contributed by atoms with Crippen LogP contribution in [0.25, 0.3) is 20.7 Å². The van der Waals surface area contributed by atoms with Gasteiger partial charge in [-0.3, -0.25) is 10.6 Å².